The van der Waals surface area contributed by atoms with E-state index < -0.39 is 0 Å². The Bertz CT molecular complexity index is 528. The van der Waals surface area contributed by atoms with Crippen molar-refractivity contribution in [3.63, 3.8) is 0 Å². The zero-order valence-corrected chi connectivity index (χ0v) is 10.7. The van der Waals surface area contributed by atoms with E-state index in [0.29, 0.717) is 18.0 Å². The van der Waals surface area contributed by atoms with Crippen molar-refractivity contribution in [2.45, 2.75) is 6.10 Å². The summed E-state index contributed by atoms with van der Waals surface area (Å²) in [5.41, 5.74) is 6.55. The first-order chi connectivity index (χ1) is 9.24. The number of rotatable bonds is 5. The van der Waals surface area contributed by atoms with Gasteiger partial charge in [-0.15, -0.1) is 0 Å². The van der Waals surface area contributed by atoms with Gasteiger partial charge in [0.1, 0.15) is 11.9 Å². The van der Waals surface area contributed by atoms with E-state index in [0.717, 1.165) is 5.56 Å². The fourth-order valence-corrected chi connectivity index (χ4v) is 1.80. The predicted octanol–water partition coefficient (Wildman–Crippen LogP) is 2.91. The maximum Gasteiger partial charge on any atom is 0.162 e. The minimum absolute atomic E-state index is 0.281. The summed E-state index contributed by atoms with van der Waals surface area (Å²) >= 11 is 0. The van der Waals surface area contributed by atoms with E-state index in [4.69, 9.17) is 15.2 Å². The molecule has 0 radical (unpaired) electrons. The van der Waals surface area contributed by atoms with E-state index in [-0.39, 0.29) is 11.9 Å². The number of methoxy groups -OCH3 is 1. The van der Waals surface area contributed by atoms with Gasteiger partial charge in [0.25, 0.3) is 0 Å². The maximum absolute atomic E-state index is 12.9. The molecular formula is C15H16FNO2. The summed E-state index contributed by atoms with van der Waals surface area (Å²) in [6.45, 7) is 0.295. The van der Waals surface area contributed by atoms with Gasteiger partial charge in [0, 0.05) is 6.54 Å². The molecule has 0 aliphatic heterocycles. The summed E-state index contributed by atoms with van der Waals surface area (Å²) in [4.78, 5) is 0. The Morgan fingerprint density at radius 3 is 2.26 bits per heavy atom. The summed E-state index contributed by atoms with van der Waals surface area (Å²) < 4.78 is 24.0. The molecule has 0 saturated carbocycles. The van der Waals surface area contributed by atoms with Crippen LogP contribution in [-0.4, -0.2) is 13.7 Å². The van der Waals surface area contributed by atoms with Crippen molar-refractivity contribution in [1.29, 1.82) is 0 Å². The van der Waals surface area contributed by atoms with E-state index in [1.807, 2.05) is 24.3 Å². The minimum Gasteiger partial charge on any atom is -0.493 e. The summed E-state index contributed by atoms with van der Waals surface area (Å²) in [5, 5.41) is 0. The molecule has 2 aromatic carbocycles. The second-order valence-corrected chi connectivity index (χ2v) is 4.04. The standard InChI is InChI=1S/C15H16FNO2/c1-18-13-4-2-3-5-14(13)19-15(10-17)11-6-8-12(16)9-7-11/h2-9,15H,10,17H2,1H3. The Morgan fingerprint density at radius 2 is 1.68 bits per heavy atom. The molecular weight excluding hydrogens is 245 g/mol. The number of benzene rings is 2. The van der Waals surface area contributed by atoms with E-state index in [1.54, 1.807) is 19.2 Å². The molecule has 3 nitrogen and oxygen atoms in total. The molecule has 4 heteroatoms. The van der Waals surface area contributed by atoms with Crippen molar-refractivity contribution >= 4 is 0 Å². The fraction of sp³-hybridized carbons (Fsp3) is 0.200. The van der Waals surface area contributed by atoms with Crippen LogP contribution in [0.3, 0.4) is 0 Å². The lowest BCUT2D eigenvalue weighted by atomic mass is 10.1. The number of hydrogen-bond acceptors (Lipinski definition) is 3. The van der Waals surface area contributed by atoms with Crippen molar-refractivity contribution in [2.75, 3.05) is 13.7 Å². The Labute approximate surface area is 111 Å². The average Bonchev–Trinajstić information content (AvgIpc) is 2.46. The van der Waals surface area contributed by atoms with Crippen molar-refractivity contribution in [2.24, 2.45) is 5.73 Å². The van der Waals surface area contributed by atoms with Gasteiger partial charge in [-0.2, -0.15) is 0 Å². The topological polar surface area (TPSA) is 44.5 Å². The molecule has 2 aromatic rings. The number of para-hydroxylation sites is 2. The van der Waals surface area contributed by atoms with Gasteiger partial charge < -0.3 is 15.2 Å². The second-order valence-electron chi connectivity index (χ2n) is 4.04. The monoisotopic (exact) mass is 261 g/mol. The van der Waals surface area contributed by atoms with Crippen LogP contribution >= 0.6 is 0 Å². The lowest BCUT2D eigenvalue weighted by Gasteiger charge is -2.19. The molecule has 0 spiro atoms. The van der Waals surface area contributed by atoms with Crippen LogP contribution in [0.5, 0.6) is 11.5 Å². The quantitative estimate of drug-likeness (QED) is 0.900. The Balaban J connectivity index is 2.21. The summed E-state index contributed by atoms with van der Waals surface area (Å²) in [7, 11) is 1.58. The van der Waals surface area contributed by atoms with Gasteiger partial charge in [-0.05, 0) is 29.8 Å². The van der Waals surface area contributed by atoms with Crippen molar-refractivity contribution < 1.29 is 13.9 Å². The summed E-state index contributed by atoms with van der Waals surface area (Å²) in [6.07, 6.45) is -0.336. The molecule has 0 heterocycles. The molecule has 0 amide bonds. The molecule has 0 saturated heterocycles. The molecule has 0 aliphatic rings. The van der Waals surface area contributed by atoms with E-state index in [1.165, 1.54) is 12.1 Å². The van der Waals surface area contributed by atoms with Crippen LogP contribution in [0.2, 0.25) is 0 Å². The van der Waals surface area contributed by atoms with Crippen LogP contribution in [0, 0.1) is 5.82 Å². The molecule has 1 unspecified atom stereocenters. The van der Waals surface area contributed by atoms with Crippen LogP contribution in [-0.2, 0) is 0 Å². The largest absolute Gasteiger partial charge is 0.493 e. The highest BCUT2D eigenvalue weighted by Crippen LogP contribution is 2.30. The molecule has 19 heavy (non-hydrogen) atoms. The van der Waals surface area contributed by atoms with Crippen molar-refractivity contribution in [1.82, 2.24) is 0 Å². The zero-order valence-electron chi connectivity index (χ0n) is 10.7. The molecule has 0 fully saturated rings. The van der Waals surface area contributed by atoms with Crippen LogP contribution in [0.4, 0.5) is 4.39 Å². The van der Waals surface area contributed by atoms with Gasteiger partial charge in [0.15, 0.2) is 11.5 Å². The highest BCUT2D eigenvalue weighted by Gasteiger charge is 2.14. The Kier molecular flexibility index (Phi) is 4.36. The molecule has 100 valence electrons. The van der Waals surface area contributed by atoms with E-state index in [2.05, 4.69) is 0 Å². The van der Waals surface area contributed by atoms with Crippen molar-refractivity contribution in [3.8, 4) is 11.5 Å². The van der Waals surface area contributed by atoms with Crippen LogP contribution in [0.15, 0.2) is 48.5 Å². The summed E-state index contributed by atoms with van der Waals surface area (Å²) in [5.74, 6) is 0.977. The first-order valence-electron chi connectivity index (χ1n) is 6.00. The molecule has 0 bridgehead atoms. The Morgan fingerprint density at radius 1 is 1.05 bits per heavy atom. The Hall–Kier alpha value is -2.07. The van der Waals surface area contributed by atoms with Gasteiger partial charge in [0.2, 0.25) is 0 Å². The smallest absolute Gasteiger partial charge is 0.162 e. The van der Waals surface area contributed by atoms with Crippen LogP contribution < -0.4 is 15.2 Å². The summed E-state index contributed by atoms with van der Waals surface area (Å²) in [6, 6.07) is 13.5. The molecule has 2 rings (SSSR count). The van der Waals surface area contributed by atoms with E-state index >= 15 is 0 Å². The number of nitrogens with two attached hydrogens (primary N) is 1. The first-order valence-corrected chi connectivity index (χ1v) is 6.00. The number of halogens is 1. The fourth-order valence-electron chi connectivity index (χ4n) is 1.80. The lowest BCUT2D eigenvalue weighted by Crippen LogP contribution is -2.18. The number of hydrogen-bond donors (Lipinski definition) is 1. The van der Waals surface area contributed by atoms with Gasteiger partial charge >= 0.3 is 0 Å². The first kappa shape index (κ1) is 13.4. The van der Waals surface area contributed by atoms with Gasteiger partial charge in [0.05, 0.1) is 7.11 Å². The number of ether oxygens (including phenoxy) is 2. The highest BCUT2D eigenvalue weighted by molar-refractivity contribution is 5.40. The van der Waals surface area contributed by atoms with Gasteiger partial charge in [-0.1, -0.05) is 24.3 Å². The molecule has 2 N–H and O–H groups in total. The average molecular weight is 261 g/mol. The molecule has 0 aromatic heterocycles. The third-order valence-electron chi connectivity index (χ3n) is 2.79. The lowest BCUT2D eigenvalue weighted by molar-refractivity contribution is 0.204. The highest BCUT2D eigenvalue weighted by atomic mass is 19.1. The van der Waals surface area contributed by atoms with Crippen molar-refractivity contribution in [3.05, 3.63) is 59.9 Å². The van der Waals surface area contributed by atoms with Gasteiger partial charge in [-0.25, -0.2) is 4.39 Å². The zero-order chi connectivity index (χ0) is 13.7. The third-order valence-corrected chi connectivity index (χ3v) is 2.79. The van der Waals surface area contributed by atoms with Gasteiger partial charge in [-0.3, -0.25) is 0 Å². The SMILES string of the molecule is COc1ccccc1OC(CN)c1ccc(F)cc1. The maximum atomic E-state index is 12.9. The third kappa shape index (κ3) is 3.23. The predicted molar refractivity (Wildman–Crippen MR) is 71.8 cm³/mol. The van der Waals surface area contributed by atoms with E-state index in [9.17, 15) is 4.39 Å². The normalized spacial score (nSPS) is 11.9. The van der Waals surface area contributed by atoms with Crippen LogP contribution in [0.1, 0.15) is 11.7 Å². The molecule has 0 aliphatic carbocycles. The molecule has 1 atom stereocenters. The van der Waals surface area contributed by atoms with Crippen LogP contribution in [0.25, 0.3) is 0 Å². The minimum atomic E-state index is -0.336. The second kappa shape index (κ2) is 6.20.